The molecule has 1 saturated heterocycles. The molecule has 0 spiro atoms. The maximum Gasteiger partial charge on any atom is 0.336 e. The highest BCUT2D eigenvalue weighted by atomic mass is 32.2. The molecule has 2 aromatic heterocycles. The minimum Gasteiger partial charge on any atom is -0.423 e. The van der Waals surface area contributed by atoms with Crippen LogP contribution in [0.4, 0.5) is 5.95 Å². The highest BCUT2D eigenvalue weighted by molar-refractivity contribution is 7.98. The van der Waals surface area contributed by atoms with Gasteiger partial charge in [-0.05, 0) is 30.0 Å². The lowest BCUT2D eigenvalue weighted by Gasteiger charge is -2.28. The molecule has 0 atom stereocenters. The van der Waals surface area contributed by atoms with Gasteiger partial charge in [0, 0.05) is 36.8 Å². The van der Waals surface area contributed by atoms with E-state index in [-0.39, 0.29) is 5.63 Å². The SMILES string of the molecule is Cc1ccc2c(CSc3nnc(N4CCOCC4)n3CC(C)C)cc(=O)oc2c1. The number of ether oxygens (including phenoxy) is 1. The van der Waals surface area contributed by atoms with E-state index in [1.54, 1.807) is 17.8 Å². The molecule has 1 aliphatic heterocycles. The van der Waals surface area contributed by atoms with Gasteiger partial charge in [0.15, 0.2) is 5.16 Å². The summed E-state index contributed by atoms with van der Waals surface area (Å²) in [6.07, 6.45) is 0. The fraction of sp³-hybridized carbons (Fsp3) is 0.476. The van der Waals surface area contributed by atoms with Gasteiger partial charge >= 0.3 is 5.63 Å². The molecule has 0 bridgehead atoms. The second-order valence-electron chi connectivity index (χ2n) is 7.77. The van der Waals surface area contributed by atoms with Gasteiger partial charge in [-0.1, -0.05) is 37.7 Å². The Bertz CT molecular complexity index is 1050. The number of aryl methyl sites for hydroxylation is 1. The molecule has 0 aliphatic carbocycles. The van der Waals surface area contributed by atoms with Crippen LogP contribution in [-0.4, -0.2) is 41.1 Å². The molecule has 1 aromatic carbocycles. The number of hydrogen-bond donors (Lipinski definition) is 0. The number of fused-ring (bicyclic) bond motifs is 1. The van der Waals surface area contributed by atoms with Crippen LogP contribution in [0.1, 0.15) is 25.0 Å². The number of benzene rings is 1. The molecule has 0 unspecified atom stereocenters. The molecule has 0 radical (unpaired) electrons. The summed E-state index contributed by atoms with van der Waals surface area (Å²) < 4.78 is 13.0. The van der Waals surface area contributed by atoms with E-state index in [4.69, 9.17) is 9.15 Å². The summed E-state index contributed by atoms with van der Waals surface area (Å²) in [5, 5.41) is 10.8. The van der Waals surface area contributed by atoms with E-state index >= 15 is 0 Å². The lowest BCUT2D eigenvalue weighted by atomic mass is 10.1. The average molecular weight is 415 g/mol. The summed E-state index contributed by atoms with van der Waals surface area (Å²) in [7, 11) is 0. The van der Waals surface area contributed by atoms with Crippen LogP contribution in [0.2, 0.25) is 0 Å². The zero-order valence-electron chi connectivity index (χ0n) is 17.1. The van der Waals surface area contributed by atoms with Gasteiger partial charge < -0.3 is 14.1 Å². The van der Waals surface area contributed by atoms with Gasteiger partial charge in [-0.2, -0.15) is 0 Å². The first kappa shape index (κ1) is 20.0. The van der Waals surface area contributed by atoms with Gasteiger partial charge in [-0.3, -0.25) is 4.57 Å². The van der Waals surface area contributed by atoms with Gasteiger partial charge in [0.2, 0.25) is 5.95 Å². The molecule has 1 aliphatic rings. The van der Waals surface area contributed by atoms with E-state index in [2.05, 4.69) is 33.5 Å². The van der Waals surface area contributed by atoms with E-state index in [1.807, 2.05) is 25.1 Å². The predicted octanol–water partition coefficient (Wildman–Crippen LogP) is 3.48. The second kappa shape index (κ2) is 8.59. The third-order valence-corrected chi connectivity index (χ3v) is 5.90. The Hall–Kier alpha value is -2.32. The molecule has 0 saturated carbocycles. The van der Waals surface area contributed by atoms with Crippen molar-refractivity contribution in [3.8, 4) is 0 Å². The fourth-order valence-corrected chi connectivity index (χ4v) is 4.44. The first-order valence-electron chi connectivity index (χ1n) is 9.93. The summed E-state index contributed by atoms with van der Waals surface area (Å²) in [6, 6.07) is 7.54. The molecule has 8 heteroatoms. The van der Waals surface area contributed by atoms with Gasteiger partial charge in [-0.15, -0.1) is 10.2 Å². The maximum absolute atomic E-state index is 12.0. The molecule has 1 fully saturated rings. The minimum absolute atomic E-state index is 0.323. The van der Waals surface area contributed by atoms with E-state index in [0.717, 1.165) is 47.3 Å². The molecular weight excluding hydrogens is 388 g/mol. The minimum atomic E-state index is -0.323. The summed E-state index contributed by atoms with van der Waals surface area (Å²) in [5.74, 6) is 2.00. The normalized spacial score (nSPS) is 14.8. The molecule has 29 heavy (non-hydrogen) atoms. The van der Waals surface area contributed by atoms with Crippen LogP contribution in [0.5, 0.6) is 0 Å². The first-order valence-corrected chi connectivity index (χ1v) is 10.9. The van der Waals surface area contributed by atoms with Crippen molar-refractivity contribution in [1.29, 1.82) is 0 Å². The number of thioether (sulfide) groups is 1. The largest absolute Gasteiger partial charge is 0.423 e. The van der Waals surface area contributed by atoms with Crippen molar-refractivity contribution in [2.75, 3.05) is 31.2 Å². The zero-order valence-corrected chi connectivity index (χ0v) is 17.9. The van der Waals surface area contributed by atoms with Crippen LogP contribution in [0.25, 0.3) is 11.0 Å². The van der Waals surface area contributed by atoms with Crippen LogP contribution in [0, 0.1) is 12.8 Å². The number of aromatic nitrogens is 3. The summed E-state index contributed by atoms with van der Waals surface area (Å²) >= 11 is 1.61. The molecule has 0 N–H and O–H groups in total. The Balaban J connectivity index is 1.62. The number of hydrogen-bond acceptors (Lipinski definition) is 7. The van der Waals surface area contributed by atoms with Crippen molar-refractivity contribution in [1.82, 2.24) is 14.8 Å². The highest BCUT2D eigenvalue weighted by Gasteiger charge is 2.21. The topological polar surface area (TPSA) is 73.4 Å². The van der Waals surface area contributed by atoms with Crippen LogP contribution in [0.15, 0.2) is 38.6 Å². The zero-order chi connectivity index (χ0) is 20.4. The highest BCUT2D eigenvalue weighted by Crippen LogP contribution is 2.29. The summed E-state index contributed by atoms with van der Waals surface area (Å²) in [5.41, 5.74) is 2.33. The quantitative estimate of drug-likeness (QED) is 0.452. The number of morpholine rings is 1. The Morgan fingerprint density at radius 3 is 2.72 bits per heavy atom. The Morgan fingerprint density at radius 2 is 1.97 bits per heavy atom. The molecule has 3 aromatic rings. The molecule has 154 valence electrons. The maximum atomic E-state index is 12.0. The summed E-state index contributed by atoms with van der Waals surface area (Å²) in [6.45, 7) is 10.3. The van der Waals surface area contributed by atoms with Crippen molar-refractivity contribution >= 4 is 28.7 Å². The molecule has 0 amide bonds. The van der Waals surface area contributed by atoms with E-state index < -0.39 is 0 Å². The van der Waals surface area contributed by atoms with Crippen molar-refractivity contribution in [2.45, 2.75) is 38.2 Å². The monoisotopic (exact) mass is 414 g/mol. The Morgan fingerprint density at radius 1 is 1.17 bits per heavy atom. The average Bonchev–Trinajstić information content (AvgIpc) is 3.08. The third kappa shape index (κ3) is 4.48. The second-order valence-corrected chi connectivity index (χ2v) is 8.71. The molecule has 4 rings (SSSR count). The Labute approximate surface area is 174 Å². The van der Waals surface area contributed by atoms with Gasteiger partial charge in [0.25, 0.3) is 0 Å². The number of nitrogens with zero attached hydrogens (tertiary/aromatic N) is 4. The van der Waals surface area contributed by atoms with Crippen LogP contribution in [-0.2, 0) is 17.0 Å². The van der Waals surface area contributed by atoms with Crippen LogP contribution in [0.3, 0.4) is 0 Å². The van der Waals surface area contributed by atoms with Gasteiger partial charge in [0.05, 0.1) is 13.2 Å². The predicted molar refractivity (Wildman–Crippen MR) is 115 cm³/mol. The van der Waals surface area contributed by atoms with Crippen molar-refractivity contribution < 1.29 is 9.15 Å². The van der Waals surface area contributed by atoms with Gasteiger partial charge in [0.1, 0.15) is 5.58 Å². The molecule has 3 heterocycles. The fourth-order valence-electron chi connectivity index (χ4n) is 3.51. The number of anilines is 1. The van der Waals surface area contributed by atoms with Gasteiger partial charge in [-0.25, -0.2) is 4.79 Å². The van der Waals surface area contributed by atoms with Crippen LogP contribution >= 0.6 is 11.8 Å². The van der Waals surface area contributed by atoms with Crippen molar-refractivity contribution in [2.24, 2.45) is 5.92 Å². The van der Waals surface area contributed by atoms with E-state index in [9.17, 15) is 4.79 Å². The lowest BCUT2D eigenvalue weighted by Crippen LogP contribution is -2.38. The molecular formula is C21H26N4O3S. The van der Waals surface area contributed by atoms with E-state index in [1.165, 1.54) is 0 Å². The van der Waals surface area contributed by atoms with Crippen LogP contribution < -0.4 is 10.5 Å². The van der Waals surface area contributed by atoms with Crippen molar-refractivity contribution in [3.63, 3.8) is 0 Å². The number of rotatable bonds is 6. The summed E-state index contributed by atoms with van der Waals surface area (Å²) in [4.78, 5) is 14.3. The lowest BCUT2D eigenvalue weighted by molar-refractivity contribution is 0.121. The van der Waals surface area contributed by atoms with E-state index in [0.29, 0.717) is 30.5 Å². The molecule has 7 nitrogen and oxygen atoms in total. The standard InChI is InChI=1S/C21H26N4O3S/c1-14(2)12-25-20(24-6-8-27-9-7-24)22-23-21(25)29-13-16-11-19(26)28-18-10-15(3)4-5-17(16)18/h4-5,10-11,14H,6-9,12-13H2,1-3H3. The third-order valence-electron chi connectivity index (χ3n) is 4.88. The smallest absolute Gasteiger partial charge is 0.336 e. The Kier molecular flexibility index (Phi) is 5.91. The first-order chi connectivity index (χ1) is 14.0. The van der Waals surface area contributed by atoms with Crippen molar-refractivity contribution in [3.05, 3.63) is 45.8 Å².